The highest BCUT2D eigenvalue weighted by Gasteiger charge is 2.23. The fraction of sp³-hybridized carbons (Fsp3) is 0. The number of rotatable bonds is 6. The molecule has 0 spiro atoms. The molecule has 0 aliphatic carbocycles. The second kappa shape index (κ2) is 13.2. The summed E-state index contributed by atoms with van der Waals surface area (Å²) in [6.07, 6.45) is 0. The third kappa shape index (κ3) is 5.26. The Morgan fingerprint density at radius 2 is 0.857 bits per heavy atom. The number of anilines is 3. The Balaban J connectivity index is 1.16. The van der Waals surface area contributed by atoms with Crippen molar-refractivity contribution in [3.05, 3.63) is 212 Å². The number of hydrogen-bond donors (Lipinski definition) is 0. The van der Waals surface area contributed by atoms with E-state index in [-0.39, 0.29) is 0 Å². The van der Waals surface area contributed by atoms with E-state index in [1.807, 2.05) is 0 Å². The summed E-state index contributed by atoms with van der Waals surface area (Å²) in [7, 11) is 0. The van der Waals surface area contributed by atoms with E-state index < -0.39 is 0 Å². The number of para-hydroxylation sites is 2. The van der Waals surface area contributed by atoms with Crippen LogP contribution in [0.1, 0.15) is 0 Å². The van der Waals surface area contributed by atoms with Crippen LogP contribution >= 0.6 is 0 Å². The molecule has 56 heavy (non-hydrogen) atoms. The molecule has 1 aromatic heterocycles. The molecule has 262 valence electrons. The quantitative estimate of drug-likeness (QED) is 0.160. The monoisotopic (exact) mass is 713 g/mol. The highest BCUT2D eigenvalue weighted by molar-refractivity contribution is 6.16. The first-order valence-corrected chi connectivity index (χ1v) is 19.2. The third-order valence-corrected chi connectivity index (χ3v) is 11.2. The van der Waals surface area contributed by atoms with Gasteiger partial charge in [-0.15, -0.1) is 0 Å². The van der Waals surface area contributed by atoms with Crippen LogP contribution in [0, 0.1) is 0 Å². The highest BCUT2D eigenvalue weighted by atomic mass is 16.3. The van der Waals surface area contributed by atoms with Crippen molar-refractivity contribution in [2.75, 3.05) is 4.90 Å². The first-order valence-electron chi connectivity index (χ1n) is 19.2. The van der Waals surface area contributed by atoms with Gasteiger partial charge in [-0.05, 0) is 103 Å². The fourth-order valence-electron chi connectivity index (χ4n) is 8.61. The summed E-state index contributed by atoms with van der Waals surface area (Å²) in [4.78, 5) is 2.38. The Labute approximate surface area is 325 Å². The van der Waals surface area contributed by atoms with Gasteiger partial charge in [0.2, 0.25) is 0 Å². The van der Waals surface area contributed by atoms with Crippen molar-refractivity contribution >= 4 is 71.3 Å². The largest absolute Gasteiger partial charge is 0.454 e. The molecule has 2 nitrogen and oxygen atoms in total. The summed E-state index contributed by atoms with van der Waals surface area (Å²) in [6, 6.07) is 76.4. The molecule has 0 saturated heterocycles. The van der Waals surface area contributed by atoms with Gasteiger partial charge in [-0.1, -0.05) is 170 Å². The SMILES string of the molecule is c1ccc(-c2ccc(N(c3ccccc3-c3ccccc3-c3cc4ccccc4c4ccccc34)c3cccc4c3oc3cc5ccccc5cc34)cc2)cc1. The molecule has 0 saturated carbocycles. The van der Waals surface area contributed by atoms with E-state index in [1.165, 1.54) is 49.2 Å². The van der Waals surface area contributed by atoms with Crippen molar-refractivity contribution in [1.29, 1.82) is 0 Å². The maximum atomic E-state index is 6.89. The Bertz CT molecular complexity index is 3250. The Hall–Kier alpha value is -7.42. The number of nitrogens with zero attached hydrogens (tertiary/aromatic N) is 1. The molecule has 0 bridgehead atoms. The molecular weight excluding hydrogens is 679 g/mol. The van der Waals surface area contributed by atoms with E-state index in [4.69, 9.17) is 4.42 Å². The van der Waals surface area contributed by atoms with Gasteiger partial charge in [0, 0.05) is 22.0 Å². The number of furan rings is 1. The van der Waals surface area contributed by atoms with Crippen LogP contribution in [0.2, 0.25) is 0 Å². The van der Waals surface area contributed by atoms with Gasteiger partial charge in [-0.25, -0.2) is 0 Å². The maximum Gasteiger partial charge on any atom is 0.159 e. The Morgan fingerprint density at radius 1 is 0.304 bits per heavy atom. The van der Waals surface area contributed by atoms with Gasteiger partial charge in [0.25, 0.3) is 0 Å². The van der Waals surface area contributed by atoms with Crippen LogP contribution < -0.4 is 4.90 Å². The smallest absolute Gasteiger partial charge is 0.159 e. The molecule has 0 amide bonds. The molecule has 11 aromatic rings. The predicted octanol–water partition coefficient (Wildman–Crippen LogP) is 15.5. The predicted molar refractivity (Wildman–Crippen MR) is 237 cm³/mol. The molecule has 0 unspecified atom stereocenters. The second-order valence-electron chi connectivity index (χ2n) is 14.5. The lowest BCUT2D eigenvalue weighted by Crippen LogP contribution is -2.11. The van der Waals surface area contributed by atoms with E-state index >= 15 is 0 Å². The lowest BCUT2D eigenvalue weighted by molar-refractivity contribution is 0.669. The van der Waals surface area contributed by atoms with Crippen LogP contribution in [0.15, 0.2) is 217 Å². The first kappa shape index (κ1) is 32.0. The summed E-state index contributed by atoms with van der Waals surface area (Å²) in [5.74, 6) is 0. The lowest BCUT2D eigenvalue weighted by atomic mass is 9.88. The summed E-state index contributed by atoms with van der Waals surface area (Å²) >= 11 is 0. The minimum atomic E-state index is 0.855. The summed E-state index contributed by atoms with van der Waals surface area (Å²) in [5.41, 5.74) is 11.9. The van der Waals surface area contributed by atoms with Gasteiger partial charge in [-0.3, -0.25) is 0 Å². The lowest BCUT2D eigenvalue weighted by Gasteiger charge is -2.28. The molecule has 0 aliphatic rings. The molecule has 0 radical (unpaired) electrons. The maximum absolute atomic E-state index is 6.89. The van der Waals surface area contributed by atoms with Crippen LogP contribution in [-0.2, 0) is 0 Å². The number of hydrogen-bond acceptors (Lipinski definition) is 2. The van der Waals surface area contributed by atoms with Crippen molar-refractivity contribution < 1.29 is 4.42 Å². The highest BCUT2D eigenvalue weighted by Crippen LogP contribution is 2.48. The Morgan fingerprint density at radius 3 is 1.64 bits per heavy atom. The standard InChI is InChI=1S/C54H35NO/c1-2-15-36(16-3-1)37-29-31-41(32-30-37)55(52-28-14-26-48-50-33-38-17-4-5-18-39(38)35-53(50)56-54(48)52)51-27-13-12-25-47(51)44-22-9-11-24-46(44)49-34-40-19-6-7-20-42(40)43-21-8-10-23-45(43)49/h1-35H. The number of benzene rings is 10. The molecule has 0 N–H and O–H groups in total. The molecule has 0 atom stereocenters. The molecule has 1 heterocycles. The van der Waals surface area contributed by atoms with Gasteiger partial charge in [0.15, 0.2) is 5.58 Å². The van der Waals surface area contributed by atoms with Crippen LogP contribution in [0.4, 0.5) is 17.1 Å². The van der Waals surface area contributed by atoms with Gasteiger partial charge in [0.05, 0.1) is 11.4 Å². The van der Waals surface area contributed by atoms with E-state index in [0.717, 1.165) is 55.5 Å². The summed E-state index contributed by atoms with van der Waals surface area (Å²) < 4.78 is 6.89. The molecule has 11 rings (SSSR count). The third-order valence-electron chi connectivity index (χ3n) is 11.2. The normalized spacial score (nSPS) is 11.6. The van der Waals surface area contributed by atoms with Gasteiger partial charge in [-0.2, -0.15) is 0 Å². The topological polar surface area (TPSA) is 16.4 Å². The molecule has 10 aromatic carbocycles. The van der Waals surface area contributed by atoms with E-state index in [1.54, 1.807) is 0 Å². The zero-order valence-electron chi connectivity index (χ0n) is 30.6. The van der Waals surface area contributed by atoms with Crippen LogP contribution in [0.25, 0.3) is 87.6 Å². The fourth-order valence-corrected chi connectivity index (χ4v) is 8.61. The zero-order chi connectivity index (χ0) is 37.0. The van der Waals surface area contributed by atoms with Gasteiger partial charge in [0.1, 0.15) is 5.58 Å². The average Bonchev–Trinajstić information content (AvgIpc) is 3.64. The molecule has 2 heteroatoms. The van der Waals surface area contributed by atoms with Gasteiger partial charge >= 0.3 is 0 Å². The summed E-state index contributed by atoms with van der Waals surface area (Å²) in [5, 5.41) is 9.56. The summed E-state index contributed by atoms with van der Waals surface area (Å²) in [6.45, 7) is 0. The van der Waals surface area contributed by atoms with E-state index in [0.29, 0.717) is 0 Å². The Kier molecular flexibility index (Phi) is 7.53. The van der Waals surface area contributed by atoms with Crippen molar-refractivity contribution in [2.45, 2.75) is 0 Å². The minimum absolute atomic E-state index is 0.855. The average molecular weight is 714 g/mol. The van der Waals surface area contributed by atoms with E-state index in [2.05, 4.69) is 217 Å². The van der Waals surface area contributed by atoms with E-state index in [9.17, 15) is 0 Å². The minimum Gasteiger partial charge on any atom is -0.454 e. The van der Waals surface area contributed by atoms with Crippen molar-refractivity contribution in [3.8, 4) is 33.4 Å². The molecule has 0 aliphatic heterocycles. The zero-order valence-corrected chi connectivity index (χ0v) is 30.6. The number of fused-ring (bicyclic) bond motifs is 7. The second-order valence-corrected chi connectivity index (χ2v) is 14.5. The van der Waals surface area contributed by atoms with Gasteiger partial charge < -0.3 is 9.32 Å². The van der Waals surface area contributed by atoms with Crippen molar-refractivity contribution in [2.24, 2.45) is 0 Å². The van der Waals surface area contributed by atoms with Crippen LogP contribution in [0.5, 0.6) is 0 Å². The van der Waals surface area contributed by atoms with Crippen LogP contribution in [-0.4, -0.2) is 0 Å². The van der Waals surface area contributed by atoms with Crippen molar-refractivity contribution in [1.82, 2.24) is 0 Å². The molecular formula is C54H35NO. The molecule has 0 fully saturated rings. The van der Waals surface area contributed by atoms with Crippen molar-refractivity contribution in [3.63, 3.8) is 0 Å². The van der Waals surface area contributed by atoms with Crippen LogP contribution in [0.3, 0.4) is 0 Å². The first-order chi connectivity index (χ1) is 27.8.